The summed E-state index contributed by atoms with van der Waals surface area (Å²) in [7, 11) is -4.04. The lowest BCUT2D eigenvalue weighted by atomic mass is 9.99. The molecular formula is C19H19N3O5S. The zero-order valence-corrected chi connectivity index (χ0v) is 16.2. The van der Waals surface area contributed by atoms with Crippen LogP contribution >= 0.6 is 0 Å². The van der Waals surface area contributed by atoms with Gasteiger partial charge in [0.15, 0.2) is 5.75 Å². The molecule has 0 amide bonds. The second-order valence-corrected chi connectivity index (χ2v) is 8.13. The number of nitriles is 1. The smallest absolute Gasteiger partial charge is 0.330 e. The molecular weight excluding hydrogens is 382 g/mol. The van der Waals surface area contributed by atoms with E-state index in [9.17, 15) is 18.3 Å². The molecule has 146 valence electrons. The molecule has 1 unspecified atom stereocenters. The van der Waals surface area contributed by atoms with Crippen molar-refractivity contribution in [3.63, 3.8) is 0 Å². The minimum Gasteiger partial charge on any atom is -0.493 e. The molecule has 0 fully saturated rings. The van der Waals surface area contributed by atoms with Gasteiger partial charge in [-0.2, -0.15) is 13.7 Å². The van der Waals surface area contributed by atoms with Gasteiger partial charge in [-0.3, -0.25) is 4.79 Å². The number of nitrogens with one attached hydrogen (secondary N) is 1. The quantitative estimate of drug-likeness (QED) is 0.587. The van der Waals surface area contributed by atoms with E-state index in [0.29, 0.717) is 12.8 Å². The second-order valence-electron chi connectivity index (χ2n) is 6.58. The van der Waals surface area contributed by atoms with Crippen molar-refractivity contribution in [2.75, 3.05) is 4.31 Å². The molecule has 0 saturated heterocycles. The fraction of sp³-hybridized carbons (Fsp3) is 0.263. The maximum absolute atomic E-state index is 12.3. The van der Waals surface area contributed by atoms with Crippen LogP contribution in [0.2, 0.25) is 0 Å². The Labute approximate surface area is 162 Å². The van der Waals surface area contributed by atoms with Crippen molar-refractivity contribution in [1.82, 2.24) is 4.72 Å². The fourth-order valence-corrected chi connectivity index (χ4v) is 3.97. The van der Waals surface area contributed by atoms with Gasteiger partial charge in [0.2, 0.25) is 5.88 Å². The van der Waals surface area contributed by atoms with Gasteiger partial charge < -0.3 is 9.84 Å². The van der Waals surface area contributed by atoms with Gasteiger partial charge >= 0.3 is 16.2 Å². The lowest BCUT2D eigenvalue weighted by Crippen LogP contribution is -2.30. The Kier molecular flexibility index (Phi) is 5.16. The van der Waals surface area contributed by atoms with Crippen molar-refractivity contribution in [3.8, 4) is 11.8 Å². The van der Waals surface area contributed by atoms with Gasteiger partial charge in [0.05, 0.1) is 12.3 Å². The number of nitrogens with zero attached hydrogens (tertiary/aromatic N) is 2. The first-order chi connectivity index (χ1) is 13.2. The third-order valence-corrected chi connectivity index (χ3v) is 5.58. The summed E-state index contributed by atoms with van der Waals surface area (Å²) in [4.78, 5) is 11.5. The highest BCUT2D eigenvalue weighted by Crippen LogP contribution is 2.37. The minimum atomic E-state index is -4.04. The Bertz CT molecular complexity index is 1120. The van der Waals surface area contributed by atoms with Crippen LogP contribution in [0, 0.1) is 17.2 Å². The van der Waals surface area contributed by atoms with Gasteiger partial charge in [-0.25, -0.2) is 9.03 Å². The van der Waals surface area contributed by atoms with Gasteiger partial charge in [-0.15, -0.1) is 0 Å². The maximum atomic E-state index is 12.3. The SMILES string of the molecule is CC(=O)Oc1cc2ccc(CCC(C)C#N)cc2cc1N1C=C(O)NS1(=O)=O. The van der Waals surface area contributed by atoms with E-state index in [1.54, 1.807) is 12.1 Å². The number of fused-ring (bicyclic) bond motifs is 1. The standard InChI is InChI=1S/C19H19N3O5S/c1-12(10-20)3-4-14-5-6-15-9-18(27-13(2)23)17(8-16(15)7-14)22-11-19(24)21-28(22,25)26/h5-9,11-12,21,24H,3-4H2,1-2H3. The van der Waals surface area contributed by atoms with E-state index in [4.69, 9.17) is 10.00 Å². The molecule has 2 N–H and O–H groups in total. The highest BCUT2D eigenvalue weighted by Gasteiger charge is 2.31. The van der Waals surface area contributed by atoms with Crippen LogP contribution in [0.1, 0.15) is 25.8 Å². The molecule has 8 nitrogen and oxygen atoms in total. The predicted octanol–water partition coefficient (Wildman–Crippen LogP) is 2.87. The van der Waals surface area contributed by atoms with E-state index in [2.05, 4.69) is 6.07 Å². The van der Waals surface area contributed by atoms with Crippen molar-refractivity contribution < 1.29 is 23.1 Å². The molecule has 1 aliphatic heterocycles. The lowest BCUT2D eigenvalue weighted by molar-refractivity contribution is -0.131. The highest BCUT2D eigenvalue weighted by molar-refractivity contribution is 7.91. The zero-order chi connectivity index (χ0) is 20.5. The highest BCUT2D eigenvalue weighted by atomic mass is 32.2. The van der Waals surface area contributed by atoms with Crippen molar-refractivity contribution >= 4 is 32.6 Å². The molecule has 0 aliphatic carbocycles. The van der Waals surface area contributed by atoms with Gasteiger partial charge in [-0.1, -0.05) is 18.2 Å². The summed E-state index contributed by atoms with van der Waals surface area (Å²) in [5.74, 6) is -1.14. The number of anilines is 1. The molecule has 1 heterocycles. The first-order valence-electron chi connectivity index (χ1n) is 8.57. The molecule has 28 heavy (non-hydrogen) atoms. The van der Waals surface area contributed by atoms with E-state index in [1.807, 2.05) is 29.8 Å². The molecule has 1 atom stereocenters. The first-order valence-corrected chi connectivity index (χ1v) is 10.0. The van der Waals surface area contributed by atoms with Crippen LogP contribution < -0.4 is 13.8 Å². The normalized spacial score (nSPS) is 16.2. The summed E-state index contributed by atoms with van der Waals surface area (Å²) >= 11 is 0. The van der Waals surface area contributed by atoms with Crippen molar-refractivity contribution in [2.45, 2.75) is 26.7 Å². The number of hydrogen-bond acceptors (Lipinski definition) is 6. The number of aliphatic hydroxyl groups is 1. The summed E-state index contributed by atoms with van der Waals surface area (Å²) in [5.41, 5.74) is 1.10. The molecule has 2 aromatic carbocycles. The fourth-order valence-electron chi connectivity index (χ4n) is 2.91. The largest absolute Gasteiger partial charge is 0.493 e. The third-order valence-electron chi connectivity index (χ3n) is 4.29. The monoisotopic (exact) mass is 401 g/mol. The van der Waals surface area contributed by atoms with E-state index >= 15 is 0 Å². The number of hydrogen-bond donors (Lipinski definition) is 2. The van der Waals surface area contributed by atoms with E-state index < -0.39 is 22.1 Å². The van der Waals surface area contributed by atoms with Crippen LogP contribution in [0.25, 0.3) is 10.8 Å². The van der Waals surface area contributed by atoms with Gasteiger partial charge in [0, 0.05) is 12.8 Å². The van der Waals surface area contributed by atoms with E-state index in [1.165, 1.54) is 6.92 Å². The summed E-state index contributed by atoms with van der Waals surface area (Å²) in [5, 5.41) is 20.0. The molecule has 0 saturated carbocycles. The van der Waals surface area contributed by atoms with Crippen LogP contribution in [0.15, 0.2) is 42.4 Å². The number of ether oxygens (including phenoxy) is 1. The van der Waals surface area contributed by atoms with Gasteiger partial charge in [0.25, 0.3) is 0 Å². The lowest BCUT2D eigenvalue weighted by Gasteiger charge is -2.18. The summed E-state index contributed by atoms with van der Waals surface area (Å²) < 4.78 is 32.5. The molecule has 1 aliphatic rings. The molecule has 2 aromatic rings. The number of benzene rings is 2. The van der Waals surface area contributed by atoms with Crippen LogP contribution in [0.3, 0.4) is 0 Å². The van der Waals surface area contributed by atoms with Crippen molar-refractivity contribution in [2.24, 2.45) is 5.92 Å². The summed E-state index contributed by atoms with van der Waals surface area (Å²) in [6.07, 6.45) is 2.42. The summed E-state index contributed by atoms with van der Waals surface area (Å²) in [6, 6.07) is 11.0. The predicted molar refractivity (Wildman–Crippen MR) is 104 cm³/mol. The van der Waals surface area contributed by atoms with Crippen LogP contribution in [0.5, 0.6) is 5.75 Å². The maximum Gasteiger partial charge on any atom is 0.330 e. The average Bonchev–Trinajstić information content (AvgIpc) is 2.90. The third kappa shape index (κ3) is 4.02. The zero-order valence-electron chi connectivity index (χ0n) is 15.3. The molecule has 0 bridgehead atoms. The van der Waals surface area contributed by atoms with Gasteiger partial charge in [0.1, 0.15) is 5.69 Å². The molecule has 0 spiro atoms. The first kappa shape index (κ1) is 19.5. The number of aryl methyl sites for hydroxylation is 1. The van der Waals surface area contributed by atoms with Crippen molar-refractivity contribution in [1.29, 1.82) is 5.26 Å². The Morgan fingerprint density at radius 1 is 1.32 bits per heavy atom. The minimum absolute atomic E-state index is 0.0576. The van der Waals surface area contributed by atoms with E-state index in [0.717, 1.165) is 26.8 Å². The molecule has 3 rings (SSSR count). The van der Waals surface area contributed by atoms with Crippen LogP contribution in [-0.2, 0) is 21.4 Å². The van der Waals surface area contributed by atoms with Crippen molar-refractivity contribution in [3.05, 3.63) is 48.0 Å². The number of esters is 1. The van der Waals surface area contributed by atoms with Gasteiger partial charge in [-0.05, 0) is 48.2 Å². The number of rotatable bonds is 5. The molecule has 0 aromatic heterocycles. The Morgan fingerprint density at radius 2 is 2.07 bits per heavy atom. The Balaban J connectivity index is 2.09. The topological polar surface area (TPSA) is 120 Å². The number of carbonyl (C=O) groups excluding carboxylic acids is 1. The van der Waals surface area contributed by atoms with E-state index in [-0.39, 0.29) is 17.4 Å². The summed E-state index contributed by atoms with van der Waals surface area (Å²) in [6.45, 7) is 3.08. The molecule has 9 heteroatoms. The molecule has 0 radical (unpaired) electrons. The van der Waals surface area contributed by atoms with Crippen LogP contribution in [-0.4, -0.2) is 19.5 Å². The Hall–Kier alpha value is -3.25. The van der Waals surface area contributed by atoms with Crippen LogP contribution in [0.4, 0.5) is 5.69 Å². The second kappa shape index (κ2) is 7.40. The number of aliphatic hydroxyl groups excluding tert-OH is 1. The number of carbonyl (C=O) groups is 1. The average molecular weight is 401 g/mol. The Morgan fingerprint density at radius 3 is 2.68 bits per heavy atom.